The molecular formula is C13H20N2O4. The zero-order valence-corrected chi connectivity index (χ0v) is 11.5. The predicted molar refractivity (Wildman–Crippen MR) is 69.0 cm³/mol. The van der Waals surface area contributed by atoms with E-state index in [0.717, 1.165) is 18.5 Å². The Hall–Kier alpha value is -1.85. The number of aromatic nitrogens is 1. The molecule has 0 saturated carbocycles. The highest BCUT2D eigenvalue weighted by Gasteiger charge is 2.19. The maximum atomic E-state index is 11.8. The van der Waals surface area contributed by atoms with Gasteiger partial charge in [0.1, 0.15) is 0 Å². The molecular weight excluding hydrogens is 248 g/mol. The van der Waals surface area contributed by atoms with Crippen LogP contribution in [0.2, 0.25) is 0 Å². The van der Waals surface area contributed by atoms with Gasteiger partial charge in [0.2, 0.25) is 5.76 Å². The minimum Gasteiger partial charge on any atom is -0.481 e. The number of hydrogen-bond donors (Lipinski definition) is 2. The lowest BCUT2D eigenvalue weighted by atomic mass is 9.99. The highest BCUT2D eigenvalue weighted by atomic mass is 16.5. The van der Waals surface area contributed by atoms with Crippen LogP contribution in [0.25, 0.3) is 0 Å². The van der Waals surface area contributed by atoms with Crippen molar-refractivity contribution in [2.75, 3.05) is 0 Å². The third-order valence-electron chi connectivity index (χ3n) is 3.01. The standard InChI is InChI=1S/C13H20N2O4/c1-4-9(5-2)10-7-11(19-15-10)13(18)14-8(3)6-12(16)17/h7-9H,4-6H2,1-3H3,(H,14,18)(H,16,17). The van der Waals surface area contributed by atoms with Crippen LogP contribution in [-0.4, -0.2) is 28.2 Å². The Morgan fingerprint density at radius 1 is 1.42 bits per heavy atom. The summed E-state index contributed by atoms with van der Waals surface area (Å²) in [6.45, 7) is 5.74. The highest BCUT2D eigenvalue weighted by molar-refractivity contribution is 5.91. The molecule has 1 heterocycles. The zero-order valence-electron chi connectivity index (χ0n) is 11.5. The molecule has 6 heteroatoms. The molecule has 1 amide bonds. The fraction of sp³-hybridized carbons (Fsp3) is 0.615. The normalized spacial score (nSPS) is 12.4. The molecule has 1 atom stereocenters. The summed E-state index contributed by atoms with van der Waals surface area (Å²) in [5, 5.41) is 15.1. The summed E-state index contributed by atoms with van der Waals surface area (Å²) in [5.41, 5.74) is 0.765. The Labute approximate surface area is 112 Å². The van der Waals surface area contributed by atoms with Crippen molar-refractivity contribution in [3.8, 4) is 0 Å². The van der Waals surface area contributed by atoms with Crippen molar-refractivity contribution in [2.45, 2.75) is 52.0 Å². The molecule has 1 rings (SSSR count). The van der Waals surface area contributed by atoms with E-state index < -0.39 is 17.9 Å². The van der Waals surface area contributed by atoms with Crippen LogP contribution < -0.4 is 5.32 Å². The highest BCUT2D eigenvalue weighted by Crippen LogP contribution is 2.22. The Balaban J connectivity index is 2.65. The van der Waals surface area contributed by atoms with Crippen molar-refractivity contribution in [3.63, 3.8) is 0 Å². The minimum absolute atomic E-state index is 0.124. The van der Waals surface area contributed by atoms with E-state index >= 15 is 0 Å². The van der Waals surface area contributed by atoms with E-state index in [2.05, 4.69) is 24.3 Å². The van der Waals surface area contributed by atoms with Crippen molar-refractivity contribution >= 4 is 11.9 Å². The molecule has 0 aliphatic rings. The molecule has 0 radical (unpaired) electrons. The van der Waals surface area contributed by atoms with E-state index in [1.807, 2.05) is 0 Å². The maximum absolute atomic E-state index is 11.8. The molecule has 1 aromatic rings. The number of carbonyl (C=O) groups excluding carboxylic acids is 1. The predicted octanol–water partition coefficient (Wildman–Crippen LogP) is 2.17. The number of nitrogens with zero attached hydrogens (tertiary/aromatic N) is 1. The van der Waals surface area contributed by atoms with Crippen molar-refractivity contribution in [2.24, 2.45) is 0 Å². The fourth-order valence-electron chi connectivity index (χ4n) is 1.90. The lowest BCUT2D eigenvalue weighted by molar-refractivity contribution is -0.137. The van der Waals surface area contributed by atoms with Gasteiger partial charge in [0.05, 0.1) is 12.1 Å². The van der Waals surface area contributed by atoms with E-state index in [4.69, 9.17) is 9.63 Å². The molecule has 0 aliphatic carbocycles. The first-order chi connectivity index (χ1) is 8.97. The van der Waals surface area contributed by atoms with E-state index in [1.54, 1.807) is 13.0 Å². The molecule has 0 aliphatic heterocycles. The molecule has 0 spiro atoms. The first-order valence-electron chi connectivity index (χ1n) is 6.47. The summed E-state index contributed by atoms with van der Waals surface area (Å²) in [7, 11) is 0. The van der Waals surface area contributed by atoms with Gasteiger partial charge in [0, 0.05) is 18.0 Å². The average molecular weight is 268 g/mol. The second kappa shape index (κ2) is 6.92. The smallest absolute Gasteiger partial charge is 0.305 e. The summed E-state index contributed by atoms with van der Waals surface area (Å²) >= 11 is 0. The monoisotopic (exact) mass is 268 g/mol. The molecule has 2 N–H and O–H groups in total. The van der Waals surface area contributed by atoms with Crippen molar-refractivity contribution < 1.29 is 19.2 Å². The molecule has 19 heavy (non-hydrogen) atoms. The van der Waals surface area contributed by atoms with Crippen LogP contribution in [-0.2, 0) is 4.79 Å². The van der Waals surface area contributed by atoms with Gasteiger partial charge in [-0.3, -0.25) is 9.59 Å². The number of carbonyl (C=O) groups is 2. The van der Waals surface area contributed by atoms with Gasteiger partial charge in [-0.1, -0.05) is 19.0 Å². The molecule has 0 saturated heterocycles. The summed E-state index contributed by atoms with van der Waals surface area (Å²) in [6, 6.07) is 1.17. The Morgan fingerprint density at radius 2 is 2.05 bits per heavy atom. The van der Waals surface area contributed by atoms with Crippen molar-refractivity contribution in [1.82, 2.24) is 10.5 Å². The number of aliphatic carboxylic acids is 1. The molecule has 1 aromatic heterocycles. The Morgan fingerprint density at radius 3 is 2.58 bits per heavy atom. The molecule has 106 valence electrons. The number of amides is 1. The first-order valence-corrected chi connectivity index (χ1v) is 6.47. The Kier molecular flexibility index (Phi) is 5.54. The lowest BCUT2D eigenvalue weighted by Gasteiger charge is -2.09. The van der Waals surface area contributed by atoms with Gasteiger partial charge in [-0.25, -0.2) is 0 Å². The number of carboxylic acid groups (broad SMARTS) is 1. The van der Waals surface area contributed by atoms with Crippen molar-refractivity contribution in [1.29, 1.82) is 0 Å². The first kappa shape index (κ1) is 15.2. The van der Waals surface area contributed by atoms with Crippen LogP contribution in [0.5, 0.6) is 0 Å². The number of hydrogen-bond acceptors (Lipinski definition) is 4. The van der Waals surface area contributed by atoms with Crippen LogP contribution in [0.15, 0.2) is 10.6 Å². The molecule has 6 nitrogen and oxygen atoms in total. The van der Waals surface area contributed by atoms with E-state index in [1.165, 1.54) is 0 Å². The van der Waals surface area contributed by atoms with Gasteiger partial charge in [0.15, 0.2) is 0 Å². The van der Waals surface area contributed by atoms with Gasteiger partial charge in [-0.2, -0.15) is 0 Å². The molecule has 0 bridgehead atoms. The molecule has 1 unspecified atom stereocenters. The third kappa shape index (κ3) is 4.39. The number of rotatable bonds is 7. The SMILES string of the molecule is CCC(CC)c1cc(C(=O)NC(C)CC(=O)O)on1. The van der Waals surface area contributed by atoms with Crippen molar-refractivity contribution in [3.05, 3.63) is 17.5 Å². The topological polar surface area (TPSA) is 92.4 Å². The quantitative estimate of drug-likeness (QED) is 0.790. The third-order valence-corrected chi connectivity index (χ3v) is 3.01. The van der Waals surface area contributed by atoms with Gasteiger partial charge in [-0.15, -0.1) is 0 Å². The molecule has 0 aromatic carbocycles. The van der Waals surface area contributed by atoms with Crippen LogP contribution in [0.3, 0.4) is 0 Å². The van der Waals surface area contributed by atoms with E-state index in [0.29, 0.717) is 0 Å². The van der Waals surface area contributed by atoms with Crippen LogP contribution >= 0.6 is 0 Å². The van der Waals surface area contributed by atoms with Crippen LogP contribution in [0, 0.1) is 0 Å². The van der Waals surface area contributed by atoms with Crippen LogP contribution in [0.1, 0.15) is 62.2 Å². The second-order valence-electron chi connectivity index (χ2n) is 4.60. The summed E-state index contributed by atoms with van der Waals surface area (Å²) < 4.78 is 5.01. The second-order valence-corrected chi connectivity index (χ2v) is 4.60. The number of carboxylic acids is 1. The van der Waals surface area contributed by atoms with Gasteiger partial charge >= 0.3 is 5.97 Å². The molecule has 0 fully saturated rings. The average Bonchev–Trinajstić information content (AvgIpc) is 2.79. The van der Waals surface area contributed by atoms with Gasteiger partial charge < -0.3 is 14.9 Å². The largest absolute Gasteiger partial charge is 0.481 e. The van der Waals surface area contributed by atoms with Gasteiger partial charge in [-0.05, 0) is 19.8 Å². The lowest BCUT2D eigenvalue weighted by Crippen LogP contribution is -2.33. The Bertz CT molecular complexity index is 438. The van der Waals surface area contributed by atoms with Gasteiger partial charge in [0.25, 0.3) is 5.91 Å². The van der Waals surface area contributed by atoms with E-state index in [-0.39, 0.29) is 18.1 Å². The van der Waals surface area contributed by atoms with E-state index in [9.17, 15) is 9.59 Å². The fourth-order valence-corrected chi connectivity index (χ4v) is 1.90. The minimum atomic E-state index is -0.955. The zero-order chi connectivity index (χ0) is 14.4. The maximum Gasteiger partial charge on any atom is 0.305 e. The summed E-state index contributed by atoms with van der Waals surface area (Å²) in [4.78, 5) is 22.3. The summed E-state index contributed by atoms with van der Waals surface area (Å²) in [5.74, 6) is -0.984. The summed E-state index contributed by atoms with van der Waals surface area (Å²) in [6.07, 6.45) is 1.73. The number of nitrogens with one attached hydrogen (secondary N) is 1. The van der Waals surface area contributed by atoms with Crippen LogP contribution in [0.4, 0.5) is 0 Å².